The number of alkyl halides is 3. The van der Waals surface area contributed by atoms with Gasteiger partial charge >= 0.3 is 0 Å². The van der Waals surface area contributed by atoms with Crippen LogP contribution in [0.1, 0.15) is 79.5 Å². The highest BCUT2D eigenvalue weighted by Crippen LogP contribution is 2.56. The van der Waals surface area contributed by atoms with Gasteiger partial charge in [-0.25, -0.2) is 23.1 Å². The highest BCUT2D eigenvalue weighted by atomic mass is 19.3. The number of benzene rings is 1. The number of nitrogens with one attached hydrogen (secondary N) is 1. The van der Waals surface area contributed by atoms with E-state index >= 15 is 0 Å². The van der Waals surface area contributed by atoms with E-state index in [0.29, 0.717) is 53.2 Å². The fourth-order valence-corrected chi connectivity index (χ4v) is 9.59. The summed E-state index contributed by atoms with van der Waals surface area (Å²) >= 11 is 0. The maximum Gasteiger partial charge on any atom is 0.251 e. The summed E-state index contributed by atoms with van der Waals surface area (Å²) in [7, 11) is 1.89. The Balaban J connectivity index is 1.17. The zero-order valence-electron chi connectivity index (χ0n) is 26.9. The molecule has 0 amide bonds. The number of hydrogen-bond donors (Lipinski definition) is 2. The molecule has 0 unspecified atom stereocenters. The van der Waals surface area contributed by atoms with E-state index in [1.54, 1.807) is 12.4 Å². The number of nitriles is 1. The van der Waals surface area contributed by atoms with Crippen molar-refractivity contribution in [3.05, 3.63) is 52.5 Å². The molecule has 1 aromatic carbocycles. The molecule has 2 saturated heterocycles. The molecule has 5 atom stereocenters. The van der Waals surface area contributed by atoms with E-state index in [2.05, 4.69) is 16.5 Å². The lowest BCUT2D eigenvalue weighted by Crippen LogP contribution is -2.74. The molecule has 5 aliphatic rings. The molecule has 4 aromatic rings. The minimum absolute atomic E-state index is 0.150. The first-order valence-electron chi connectivity index (χ1n) is 16.9. The molecule has 0 bridgehead atoms. The predicted octanol–water partition coefficient (Wildman–Crippen LogP) is 5.23. The Hall–Kier alpha value is -4.15. The molecular weight excluding hydrogens is 621 g/mol. The first-order valence-corrected chi connectivity index (χ1v) is 16.9. The van der Waals surface area contributed by atoms with Gasteiger partial charge in [-0.2, -0.15) is 5.26 Å². The summed E-state index contributed by atoms with van der Waals surface area (Å²) < 4.78 is 57.3. The van der Waals surface area contributed by atoms with Crippen LogP contribution < -0.4 is 15.8 Å². The number of nitrogens with two attached hydrogens (primary N) is 1. The molecule has 13 heteroatoms. The van der Waals surface area contributed by atoms with E-state index in [1.807, 2.05) is 35.6 Å². The normalized spacial score (nSPS) is 29.0. The number of imidazole rings is 1. The van der Waals surface area contributed by atoms with E-state index in [9.17, 15) is 18.4 Å². The number of rotatable bonds is 5. The zero-order valence-corrected chi connectivity index (χ0v) is 26.9. The van der Waals surface area contributed by atoms with E-state index in [-0.39, 0.29) is 30.8 Å². The Kier molecular flexibility index (Phi) is 6.35. The van der Waals surface area contributed by atoms with Crippen molar-refractivity contribution >= 4 is 16.7 Å². The summed E-state index contributed by atoms with van der Waals surface area (Å²) in [5.74, 6) is -1.65. The minimum Gasteiger partial charge on any atom is -0.471 e. The number of hydrogen-bond acceptors (Lipinski definition) is 9. The summed E-state index contributed by atoms with van der Waals surface area (Å²) in [5.41, 5.74) is 11.4. The third-order valence-electron chi connectivity index (χ3n) is 11.9. The van der Waals surface area contributed by atoms with Crippen LogP contribution in [0.3, 0.4) is 0 Å². The zero-order chi connectivity index (χ0) is 33.2. The molecule has 3 N–H and O–H groups in total. The van der Waals surface area contributed by atoms with Gasteiger partial charge in [-0.05, 0) is 75.8 Å². The van der Waals surface area contributed by atoms with Gasteiger partial charge < -0.3 is 24.9 Å². The number of halogens is 3. The van der Waals surface area contributed by atoms with Gasteiger partial charge in [0.15, 0.2) is 11.3 Å². The Morgan fingerprint density at radius 3 is 2.77 bits per heavy atom. The molecule has 1 saturated carbocycles. The van der Waals surface area contributed by atoms with Gasteiger partial charge in [-0.15, -0.1) is 0 Å². The SMILES string of the molecule is C[C@H](Oc1nc(-c2noc3c2CCC[C@@]32CCc3ccc(N)c(C#N)c32)cc2c1ncn2[C@@H]1CNC12CC(F)(F)C2)[C@@H]1C[C@@H](F)CN1C. The quantitative estimate of drug-likeness (QED) is 0.277. The van der Waals surface area contributed by atoms with Gasteiger partial charge in [0.2, 0.25) is 5.88 Å². The molecule has 3 aromatic heterocycles. The second kappa shape index (κ2) is 10.2. The fraction of sp³-hybridized carbons (Fsp3) is 0.543. The molecule has 0 radical (unpaired) electrons. The summed E-state index contributed by atoms with van der Waals surface area (Å²) in [5, 5.41) is 18.0. The van der Waals surface area contributed by atoms with Crippen LogP contribution in [-0.4, -0.2) is 74.5 Å². The van der Waals surface area contributed by atoms with E-state index < -0.39 is 29.2 Å². The number of nitrogen functional groups attached to an aromatic ring is 1. The van der Waals surface area contributed by atoms with E-state index in [1.165, 1.54) is 0 Å². The number of aryl methyl sites for hydroxylation is 1. The third-order valence-corrected chi connectivity index (χ3v) is 11.9. The van der Waals surface area contributed by atoms with Gasteiger partial charge in [-0.1, -0.05) is 11.2 Å². The van der Waals surface area contributed by atoms with E-state index in [0.717, 1.165) is 54.6 Å². The number of fused-ring (bicyclic) bond motifs is 5. The molecule has 5 heterocycles. The van der Waals surface area contributed by atoms with Crippen molar-refractivity contribution in [2.45, 2.75) is 99.5 Å². The minimum atomic E-state index is -2.69. The molecule has 10 nitrogen and oxygen atoms in total. The van der Waals surface area contributed by atoms with Crippen LogP contribution in [0.25, 0.3) is 22.4 Å². The Bertz CT molecular complexity index is 2010. The second-order valence-corrected chi connectivity index (χ2v) is 14.7. The van der Waals surface area contributed by atoms with Crippen LogP contribution >= 0.6 is 0 Å². The van der Waals surface area contributed by atoms with Crippen molar-refractivity contribution in [2.24, 2.45) is 0 Å². The monoisotopic (exact) mass is 658 g/mol. The van der Waals surface area contributed by atoms with Gasteiger partial charge in [0, 0.05) is 43.2 Å². The number of nitrogens with zero attached hydrogens (tertiary/aromatic N) is 6. The van der Waals surface area contributed by atoms with Gasteiger partial charge in [0.05, 0.1) is 40.1 Å². The van der Waals surface area contributed by atoms with Crippen molar-refractivity contribution in [1.29, 1.82) is 5.26 Å². The Labute approximate surface area is 275 Å². The molecule has 48 heavy (non-hydrogen) atoms. The highest BCUT2D eigenvalue weighted by Gasteiger charge is 2.64. The Morgan fingerprint density at radius 2 is 2.06 bits per heavy atom. The third kappa shape index (κ3) is 4.14. The number of likely N-dealkylation sites (tertiary alicyclic amines) is 1. The van der Waals surface area contributed by atoms with Crippen molar-refractivity contribution in [2.75, 3.05) is 25.9 Å². The lowest BCUT2D eigenvalue weighted by atomic mass is 9.64. The standard InChI is InChI=1S/C35H37F3N8O2/c1-18(25-10-20(36)14-45(25)2)47-32-30-26(46(17-41-30)27-13-42-34(27)15-35(37,38)16-34)11-24(43-32)29-21-4-3-8-33(31(21)48-44-29)9-7-19-5-6-23(40)22(12-39)28(19)33/h5-6,11,17-18,20,25,27,42H,3-4,7-10,13-16,40H2,1-2H3/t18-,20+,25-,27+,33-/m0/s1. The van der Waals surface area contributed by atoms with Crippen LogP contribution in [0.15, 0.2) is 29.0 Å². The fourth-order valence-electron chi connectivity index (χ4n) is 9.59. The van der Waals surface area contributed by atoms with Crippen molar-refractivity contribution in [3.8, 4) is 23.3 Å². The summed E-state index contributed by atoms with van der Waals surface area (Å²) in [6.45, 7) is 2.80. The average Bonchev–Trinajstić information content (AvgIpc) is 3.81. The maximum absolute atomic E-state index is 14.3. The topological polar surface area (TPSA) is 131 Å². The predicted molar refractivity (Wildman–Crippen MR) is 171 cm³/mol. The van der Waals surface area contributed by atoms with E-state index in [4.69, 9.17) is 25.0 Å². The Morgan fingerprint density at radius 1 is 1.23 bits per heavy atom. The molecule has 9 rings (SSSR count). The number of anilines is 1. The van der Waals surface area contributed by atoms with Gasteiger partial charge in [0.1, 0.15) is 24.0 Å². The van der Waals surface area contributed by atoms with Crippen LogP contribution in [0.4, 0.5) is 18.9 Å². The average molecular weight is 659 g/mol. The smallest absolute Gasteiger partial charge is 0.251 e. The summed E-state index contributed by atoms with van der Waals surface area (Å²) in [6, 6.07) is 7.72. The summed E-state index contributed by atoms with van der Waals surface area (Å²) in [4.78, 5) is 11.6. The molecule has 250 valence electrons. The van der Waals surface area contributed by atoms with Gasteiger partial charge in [0.25, 0.3) is 5.92 Å². The second-order valence-electron chi connectivity index (χ2n) is 14.7. The lowest BCUT2D eigenvalue weighted by Gasteiger charge is -2.59. The van der Waals surface area contributed by atoms with Crippen LogP contribution in [0.2, 0.25) is 0 Å². The molecule has 3 aliphatic carbocycles. The maximum atomic E-state index is 14.3. The molecule has 3 fully saturated rings. The van der Waals surface area contributed by atoms with Crippen LogP contribution in [0, 0.1) is 11.3 Å². The summed E-state index contributed by atoms with van der Waals surface area (Å²) in [6.07, 6.45) is 4.27. The number of likely N-dealkylation sites (N-methyl/N-ethyl adjacent to an activating group) is 1. The number of aromatic nitrogens is 4. The van der Waals surface area contributed by atoms with Crippen LogP contribution in [-0.2, 0) is 18.3 Å². The first-order chi connectivity index (χ1) is 23.0. The largest absolute Gasteiger partial charge is 0.471 e. The number of ether oxygens (including phenoxy) is 1. The van der Waals surface area contributed by atoms with Crippen molar-refractivity contribution in [3.63, 3.8) is 0 Å². The first kappa shape index (κ1) is 29.9. The number of pyridine rings is 1. The molecule has 2 spiro atoms. The van der Waals surface area contributed by atoms with Gasteiger partial charge in [-0.3, -0.25) is 4.90 Å². The lowest BCUT2D eigenvalue weighted by molar-refractivity contribution is -0.174. The molecular formula is C35H37F3N8O2. The van der Waals surface area contributed by atoms with Crippen molar-refractivity contribution in [1.82, 2.24) is 29.9 Å². The molecule has 2 aliphatic heterocycles. The highest BCUT2D eigenvalue weighted by molar-refractivity contribution is 5.85. The van der Waals surface area contributed by atoms with Crippen molar-refractivity contribution < 1.29 is 22.4 Å². The van der Waals surface area contributed by atoms with Crippen LogP contribution in [0.5, 0.6) is 5.88 Å².